The number of hydrogen-bond acceptors (Lipinski definition) is 6. The van der Waals surface area contributed by atoms with Crippen LogP contribution in [0.5, 0.6) is 0 Å². The van der Waals surface area contributed by atoms with E-state index >= 15 is 0 Å². The van der Waals surface area contributed by atoms with E-state index in [0.29, 0.717) is 11.6 Å². The average Bonchev–Trinajstić information content (AvgIpc) is 2.16. The molecular formula is C3H6N6O3. The van der Waals surface area contributed by atoms with Crippen LogP contribution >= 0.6 is 0 Å². The third-order valence-electron chi connectivity index (χ3n) is 1.39. The lowest BCUT2D eigenvalue weighted by Gasteiger charge is -2.33. The second kappa shape index (κ2) is 3.55. The van der Waals surface area contributed by atoms with E-state index in [-0.39, 0.29) is 13.1 Å². The molecule has 0 aliphatic carbocycles. The summed E-state index contributed by atoms with van der Waals surface area (Å²) < 4.78 is 0. The highest BCUT2D eigenvalue weighted by Crippen LogP contribution is 2.12. The minimum absolute atomic E-state index is 0.251. The average molecular weight is 174 g/mol. The predicted molar refractivity (Wildman–Crippen MR) is 37.3 cm³/mol. The fraction of sp³-hybridized carbons (Fsp3) is 1.00. The second-order valence-corrected chi connectivity index (χ2v) is 2.06. The maximum Gasteiger partial charge on any atom is 0.0984 e. The quantitative estimate of drug-likeness (QED) is 0.565. The predicted octanol–water partition coefficient (Wildman–Crippen LogP) is 0.170. The van der Waals surface area contributed by atoms with Crippen molar-refractivity contribution in [1.82, 2.24) is 15.5 Å². The lowest BCUT2D eigenvalue weighted by Crippen LogP contribution is -2.50. The van der Waals surface area contributed by atoms with Crippen molar-refractivity contribution in [2.75, 3.05) is 13.1 Å². The van der Waals surface area contributed by atoms with E-state index in [0.717, 1.165) is 10.2 Å². The van der Waals surface area contributed by atoms with Crippen molar-refractivity contribution < 1.29 is 0 Å². The van der Waals surface area contributed by atoms with E-state index in [1.807, 2.05) is 0 Å². The summed E-state index contributed by atoms with van der Waals surface area (Å²) in [7, 11) is 0. The van der Waals surface area contributed by atoms with Crippen LogP contribution in [0, 0.1) is 14.7 Å². The molecule has 0 atom stereocenters. The molecule has 0 aromatic heterocycles. The fourth-order valence-corrected chi connectivity index (χ4v) is 0.883. The minimum Gasteiger partial charge on any atom is -0.128 e. The van der Waals surface area contributed by atoms with E-state index < -0.39 is 0 Å². The topological polar surface area (TPSA) is 98.0 Å². The highest BCUT2D eigenvalue weighted by atomic mass is 16.4. The Morgan fingerprint density at radius 1 is 0.833 bits per heavy atom. The highest BCUT2D eigenvalue weighted by Gasteiger charge is 2.27. The molecule has 1 saturated heterocycles. The Morgan fingerprint density at radius 3 is 1.67 bits per heavy atom. The van der Waals surface area contributed by atoms with E-state index in [2.05, 4.69) is 15.9 Å². The number of rotatable bonds is 3. The van der Waals surface area contributed by atoms with Crippen LogP contribution in [-0.2, 0) is 0 Å². The van der Waals surface area contributed by atoms with Gasteiger partial charge in [-0.1, -0.05) is 0 Å². The van der Waals surface area contributed by atoms with Gasteiger partial charge in [-0.15, -0.1) is 25.0 Å². The highest BCUT2D eigenvalue weighted by molar-refractivity contribution is 4.57. The number of nitrogens with zero attached hydrogens (tertiary/aromatic N) is 6. The summed E-state index contributed by atoms with van der Waals surface area (Å²) in [6.45, 7) is 0.502. The van der Waals surface area contributed by atoms with Gasteiger partial charge in [-0.3, -0.25) is 0 Å². The van der Waals surface area contributed by atoms with Gasteiger partial charge in [0.15, 0.2) is 0 Å². The van der Waals surface area contributed by atoms with E-state index in [9.17, 15) is 14.7 Å². The van der Waals surface area contributed by atoms with Gasteiger partial charge in [0.2, 0.25) is 0 Å². The Labute approximate surface area is 66.7 Å². The van der Waals surface area contributed by atoms with Gasteiger partial charge < -0.3 is 0 Å². The van der Waals surface area contributed by atoms with Gasteiger partial charge in [0.1, 0.15) is 0 Å². The summed E-state index contributed by atoms with van der Waals surface area (Å²) in [4.78, 5) is 30.2. The normalized spacial score (nSPS) is 17.5. The van der Waals surface area contributed by atoms with Crippen molar-refractivity contribution in [3.05, 3.63) is 14.7 Å². The number of hydrazine groups is 2. The van der Waals surface area contributed by atoms with E-state index in [4.69, 9.17) is 0 Å². The number of nitroso groups, excluding NO2 is 3. The zero-order chi connectivity index (χ0) is 8.97. The molecule has 0 bridgehead atoms. The van der Waals surface area contributed by atoms with Crippen LogP contribution in [0.2, 0.25) is 0 Å². The fourth-order valence-electron chi connectivity index (χ4n) is 0.883. The van der Waals surface area contributed by atoms with Gasteiger partial charge in [0.05, 0.1) is 28.9 Å². The zero-order valence-electron chi connectivity index (χ0n) is 6.03. The Kier molecular flexibility index (Phi) is 2.46. The number of hydrogen-bond donors (Lipinski definition) is 0. The molecule has 1 aliphatic rings. The van der Waals surface area contributed by atoms with Gasteiger partial charge in [0.25, 0.3) is 0 Å². The Hall–Kier alpha value is -1.80. The molecule has 0 spiro atoms. The van der Waals surface area contributed by atoms with E-state index in [1.54, 1.807) is 0 Å². The molecule has 0 aromatic rings. The van der Waals surface area contributed by atoms with Crippen LogP contribution in [0.15, 0.2) is 15.9 Å². The van der Waals surface area contributed by atoms with Crippen molar-refractivity contribution in [2.24, 2.45) is 15.9 Å². The van der Waals surface area contributed by atoms with Crippen molar-refractivity contribution >= 4 is 0 Å². The van der Waals surface area contributed by atoms with E-state index in [1.165, 1.54) is 0 Å². The Morgan fingerprint density at radius 2 is 1.33 bits per heavy atom. The van der Waals surface area contributed by atoms with Gasteiger partial charge in [-0.25, -0.2) is 0 Å². The van der Waals surface area contributed by atoms with Crippen LogP contribution in [0.4, 0.5) is 0 Å². The van der Waals surface area contributed by atoms with Crippen molar-refractivity contribution in [3.63, 3.8) is 0 Å². The van der Waals surface area contributed by atoms with Crippen molar-refractivity contribution in [3.8, 4) is 0 Å². The smallest absolute Gasteiger partial charge is 0.0984 e. The first kappa shape index (κ1) is 8.30. The molecule has 1 heterocycles. The van der Waals surface area contributed by atoms with Crippen LogP contribution < -0.4 is 0 Å². The summed E-state index contributed by atoms with van der Waals surface area (Å²) in [6, 6.07) is 0. The first-order valence-electron chi connectivity index (χ1n) is 3.18. The van der Waals surface area contributed by atoms with Crippen LogP contribution in [0.3, 0.4) is 0 Å². The lowest BCUT2D eigenvalue weighted by atomic mass is 10.4. The van der Waals surface area contributed by atoms with Crippen LogP contribution in [0.25, 0.3) is 0 Å². The van der Waals surface area contributed by atoms with Crippen LogP contribution in [0.1, 0.15) is 6.42 Å². The molecule has 0 unspecified atom stereocenters. The Bertz CT molecular complexity index is 180. The molecule has 9 heteroatoms. The van der Waals surface area contributed by atoms with Gasteiger partial charge >= 0.3 is 0 Å². The minimum atomic E-state index is 0.251. The molecule has 0 amide bonds. The summed E-state index contributed by atoms with van der Waals surface area (Å²) >= 11 is 0. The van der Waals surface area contributed by atoms with Gasteiger partial charge in [-0.2, -0.15) is 0 Å². The standard InChI is InChI=1S/C3H6N6O3/c10-4-7-2-1-3-8(5-11)9(7)6-12/h1-3H2. The monoisotopic (exact) mass is 174 g/mol. The lowest BCUT2D eigenvalue weighted by molar-refractivity contribution is -0.215. The first-order valence-corrected chi connectivity index (χ1v) is 3.18. The first-order chi connectivity index (χ1) is 5.83. The van der Waals surface area contributed by atoms with Gasteiger partial charge in [0, 0.05) is 0 Å². The maximum atomic E-state index is 10.1. The van der Waals surface area contributed by atoms with Crippen LogP contribution in [-0.4, -0.2) is 28.6 Å². The molecule has 9 nitrogen and oxygen atoms in total. The third kappa shape index (κ3) is 1.28. The molecule has 12 heavy (non-hydrogen) atoms. The van der Waals surface area contributed by atoms with Crippen molar-refractivity contribution in [2.45, 2.75) is 6.42 Å². The molecule has 0 aromatic carbocycles. The maximum absolute atomic E-state index is 10.1. The molecule has 0 N–H and O–H groups in total. The molecule has 1 aliphatic heterocycles. The molecule has 0 saturated carbocycles. The molecule has 1 rings (SSSR count). The largest absolute Gasteiger partial charge is 0.128 e. The molecular weight excluding hydrogens is 168 g/mol. The SMILES string of the molecule is O=NN1CCCN(N=O)N1N=O. The molecule has 1 fully saturated rings. The summed E-state index contributed by atoms with van der Waals surface area (Å²) in [5.74, 6) is 0. The summed E-state index contributed by atoms with van der Waals surface area (Å²) in [5.41, 5.74) is 0. The summed E-state index contributed by atoms with van der Waals surface area (Å²) in [5, 5.41) is 9.28. The third-order valence-corrected chi connectivity index (χ3v) is 1.39. The molecule has 66 valence electrons. The van der Waals surface area contributed by atoms with Crippen molar-refractivity contribution in [1.29, 1.82) is 0 Å². The second-order valence-electron chi connectivity index (χ2n) is 2.06. The Balaban J connectivity index is 2.70. The van der Waals surface area contributed by atoms with Gasteiger partial charge in [-0.05, 0) is 11.6 Å². The summed E-state index contributed by atoms with van der Waals surface area (Å²) in [6.07, 6.45) is 0.517. The zero-order valence-corrected chi connectivity index (χ0v) is 6.03. The molecule has 0 radical (unpaired) electrons.